The summed E-state index contributed by atoms with van der Waals surface area (Å²) >= 11 is 0. The highest BCUT2D eigenvalue weighted by atomic mass is 16.4. The van der Waals surface area contributed by atoms with Crippen LogP contribution in [0.3, 0.4) is 0 Å². The average Bonchev–Trinajstić information content (AvgIpc) is 2.65. The molecule has 4 fully saturated rings. The molecule has 2 N–H and O–H groups in total. The summed E-state index contributed by atoms with van der Waals surface area (Å²) in [5.41, 5.74) is 0. The van der Waals surface area contributed by atoms with Crippen LogP contribution in [0.1, 0.15) is 19.3 Å². The Morgan fingerprint density at radius 3 is 2.64 bits per heavy atom. The van der Waals surface area contributed by atoms with Crippen LogP contribution in [0, 0.1) is 5.92 Å². The highest BCUT2D eigenvalue weighted by molar-refractivity contribution is 5.74. The van der Waals surface area contributed by atoms with Crippen LogP contribution >= 0.6 is 0 Å². The van der Waals surface area contributed by atoms with E-state index in [0.29, 0.717) is 12.1 Å². The number of rotatable bonds is 1. The molecule has 0 aromatic heterocycles. The van der Waals surface area contributed by atoms with E-state index in [1.54, 1.807) is 0 Å². The van der Waals surface area contributed by atoms with E-state index < -0.39 is 5.97 Å². The highest BCUT2D eigenvalue weighted by Crippen LogP contribution is 2.37. The summed E-state index contributed by atoms with van der Waals surface area (Å²) in [6.07, 6.45) is 3.30. The summed E-state index contributed by atoms with van der Waals surface area (Å²) in [5.74, 6) is 0.0503. The third-order valence-corrected chi connectivity index (χ3v) is 4.13. The molecule has 4 aliphatic heterocycles. The number of piperidine rings is 3. The van der Waals surface area contributed by atoms with Gasteiger partial charge in [-0.05, 0) is 38.3 Å². The molecular formula is C10H16N2O2. The van der Waals surface area contributed by atoms with E-state index in [1.807, 2.05) is 0 Å². The lowest BCUT2D eigenvalue weighted by atomic mass is 9.79. The lowest BCUT2D eigenvalue weighted by Crippen LogP contribution is -2.58. The Kier molecular flexibility index (Phi) is 1.82. The van der Waals surface area contributed by atoms with Crippen LogP contribution in [-0.4, -0.2) is 47.2 Å². The molecule has 3 unspecified atom stereocenters. The van der Waals surface area contributed by atoms with Crippen LogP contribution in [-0.2, 0) is 4.79 Å². The van der Waals surface area contributed by atoms with Crippen molar-refractivity contribution >= 4 is 5.97 Å². The quantitative estimate of drug-likeness (QED) is 0.614. The Bertz CT molecular complexity index is 241. The van der Waals surface area contributed by atoms with Gasteiger partial charge in [0.05, 0.1) is 0 Å². The summed E-state index contributed by atoms with van der Waals surface area (Å²) in [7, 11) is 0. The van der Waals surface area contributed by atoms with Crippen molar-refractivity contribution in [1.29, 1.82) is 0 Å². The number of carboxylic acids is 1. The third-order valence-electron chi connectivity index (χ3n) is 4.13. The zero-order chi connectivity index (χ0) is 9.71. The van der Waals surface area contributed by atoms with E-state index in [9.17, 15) is 4.79 Å². The first-order valence-corrected chi connectivity index (χ1v) is 5.48. The second-order valence-corrected chi connectivity index (χ2v) is 4.76. The van der Waals surface area contributed by atoms with Gasteiger partial charge in [-0.15, -0.1) is 0 Å². The molecule has 0 aromatic rings. The minimum absolute atomic E-state index is 0.300. The van der Waals surface area contributed by atoms with E-state index in [2.05, 4.69) is 10.2 Å². The number of aliphatic carboxylic acids is 1. The monoisotopic (exact) mass is 196 g/mol. The van der Waals surface area contributed by atoms with Crippen molar-refractivity contribution in [2.45, 2.75) is 37.4 Å². The van der Waals surface area contributed by atoms with E-state index in [1.165, 1.54) is 25.9 Å². The molecule has 4 nitrogen and oxygen atoms in total. The number of carboxylic acid groups (broad SMARTS) is 1. The maximum Gasteiger partial charge on any atom is 0.320 e. The molecule has 4 saturated heterocycles. The topological polar surface area (TPSA) is 52.6 Å². The first kappa shape index (κ1) is 8.68. The van der Waals surface area contributed by atoms with Crippen LogP contribution < -0.4 is 5.32 Å². The van der Waals surface area contributed by atoms with Crippen molar-refractivity contribution in [1.82, 2.24) is 10.2 Å². The fourth-order valence-corrected chi connectivity index (χ4v) is 3.41. The first-order valence-electron chi connectivity index (χ1n) is 5.48. The van der Waals surface area contributed by atoms with Gasteiger partial charge in [0.2, 0.25) is 0 Å². The molecule has 4 aliphatic rings. The predicted octanol–water partition coefficient (Wildman–Crippen LogP) is -0.104. The SMILES string of the molecule is O=C(O)C1CC2C(N1)C1CCN2CC1. The second-order valence-electron chi connectivity index (χ2n) is 4.76. The van der Waals surface area contributed by atoms with Crippen molar-refractivity contribution in [3.05, 3.63) is 0 Å². The number of fused-ring (bicyclic) bond motifs is 2. The molecule has 78 valence electrons. The summed E-state index contributed by atoms with van der Waals surface area (Å²) in [6.45, 7) is 2.36. The Labute approximate surface area is 83.3 Å². The molecule has 14 heavy (non-hydrogen) atoms. The van der Waals surface area contributed by atoms with Gasteiger partial charge in [-0.25, -0.2) is 0 Å². The lowest BCUT2D eigenvalue weighted by molar-refractivity contribution is -0.139. The Balaban J connectivity index is 1.81. The zero-order valence-electron chi connectivity index (χ0n) is 8.15. The predicted molar refractivity (Wildman–Crippen MR) is 51.0 cm³/mol. The molecule has 4 heteroatoms. The maximum atomic E-state index is 10.9. The summed E-state index contributed by atoms with van der Waals surface area (Å²) in [6, 6.07) is 0.661. The van der Waals surface area contributed by atoms with Crippen LogP contribution in [0.5, 0.6) is 0 Å². The van der Waals surface area contributed by atoms with Crippen LogP contribution in [0.2, 0.25) is 0 Å². The largest absolute Gasteiger partial charge is 0.480 e. The van der Waals surface area contributed by atoms with Crippen LogP contribution in [0.4, 0.5) is 0 Å². The molecular weight excluding hydrogens is 180 g/mol. The molecule has 0 aliphatic carbocycles. The first-order chi connectivity index (χ1) is 6.75. The Morgan fingerprint density at radius 1 is 1.36 bits per heavy atom. The number of hydrogen-bond donors (Lipinski definition) is 2. The number of nitrogens with one attached hydrogen (secondary N) is 1. The summed E-state index contributed by atoms with van der Waals surface area (Å²) in [5, 5.41) is 12.3. The van der Waals surface area contributed by atoms with Crippen LogP contribution in [0.25, 0.3) is 0 Å². The summed E-state index contributed by atoms with van der Waals surface area (Å²) < 4.78 is 0. The molecule has 2 bridgehead atoms. The minimum Gasteiger partial charge on any atom is -0.480 e. The molecule has 4 rings (SSSR count). The number of hydrogen-bond acceptors (Lipinski definition) is 3. The van der Waals surface area contributed by atoms with E-state index in [-0.39, 0.29) is 6.04 Å². The number of carbonyl (C=O) groups is 1. The van der Waals surface area contributed by atoms with Gasteiger partial charge in [0.25, 0.3) is 0 Å². The van der Waals surface area contributed by atoms with E-state index in [0.717, 1.165) is 12.3 Å². The Hall–Kier alpha value is -0.610. The zero-order valence-corrected chi connectivity index (χ0v) is 8.15. The third kappa shape index (κ3) is 1.10. The van der Waals surface area contributed by atoms with Crippen molar-refractivity contribution in [3.63, 3.8) is 0 Å². The smallest absolute Gasteiger partial charge is 0.320 e. The van der Waals surface area contributed by atoms with Gasteiger partial charge in [-0.3, -0.25) is 15.0 Å². The summed E-state index contributed by atoms with van der Waals surface area (Å²) in [4.78, 5) is 13.4. The molecule has 0 amide bonds. The molecule has 3 atom stereocenters. The van der Waals surface area contributed by atoms with Gasteiger partial charge in [0, 0.05) is 12.1 Å². The van der Waals surface area contributed by atoms with Gasteiger partial charge < -0.3 is 5.11 Å². The van der Waals surface area contributed by atoms with Gasteiger partial charge in [-0.1, -0.05) is 0 Å². The molecule has 0 radical (unpaired) electrons. The standard InChI is InChI=1S/C10H16N2O2/c13-10(14)7-5-8-9(11-7)6-1-3-12(8)4-2-6/h6-9,11H,1-5H2,(H,13,14). The van der Waals surface area contributed by atoms with Crippen molar-refractivity contribution in [2.24, 2.45) is 5.92 Å². The van der Waals surface area contributed by atoms with Crippen molar-refractivity contribution in [2.75, 3.05) is 13.1 Å². The average molecular weight is 196 g/mol. The fraction of sp³-hybridized carbons (Fsp3) is 0.900. The molecule has 0 saturated carbocycles. The lowest BCUT2D eigenvalue weighted by Gasteiger charge is -2.48. The maximum absolute atomic E-state index is 10.9. The van der Waals surface area contributed by atoms with Gasteiger partial charge >= 0.3 is 5.97 Å². The molecule has 0 aromatic carbocycles. The van der Waals surface area contributed by atoms with Gasteiger partial charge in [0.15, 0.2) is 0 Å². The molecule has 4 heterocycles. The van der Waals surface area contributed by atoms with E-state index in [4.69, 9.17) is 5.11 Å². The molecule has 0 spiro atoms. The highest BCUT2D eigenvalue weighted by Gasteiger charge is 2.48. The van der Waals surface area contributed by atoms with Gasteiger partial charge in [-0.2, -0.15) is 0 Å². The van der Waals surface area contributed by atoms with E-state index >= 15 is 0 Å². The Morgan fingerprint density at radius 2 is 2.07 bits per heavy atom. The van der Waals surface area contributed by atoms with Crippen LogP contribution in [0.15, 0.2) is 0 Å². The second kappa shape index (κ2) is 2.94. The van der Waals surface area contributed by atoms with Gasteiger partial charge in [0.1, 0.15) is 6.04 Å². The number of nitrogens with zero attached hydrogens (tertiary/aromatic N) is 1. The van der Waals surface area contributed by atoms with Crippen molar-refractivity contribution in [3.8, 4) is 0 Å². The normalized spacial score (nSPS) is 50.4. The van der Waals surface area contributed by atoms with Crippen molar-refractivity contribution < 1.29 is 9.90 Å². The minimum atomic E-state index is -0.681. The fourth-order valence-electron chi connectivity index (χ4n) is 3.41.